The van der Waals surface area contributed by atoms with Crippen LogP contribution in [0.4, 0.5) is 5.69 Å². The number of anilines is 1. The molecule has 0 unspecified atom stereocenters. The predicted molar refractivity (Wildman–Crippen MR) is 103 cm³/mol. The molecule has 2 rings (SSSR count). The maximum Gasteiger partial charge on any atom is 0.338 e. The number of amides is 1. The fourth-order valence-electron chi connectivity index (χ4n) is 2.34. The number of hydrogen-bond donors (Lipinski definition) is 1. The van der Waals surface area contributed by atoms with Crippen molar-refractivity contribution >= 4 is 17.6 Å². The van der Waals surface area contributed by atoms with E-state index >= 15 is 0 Å². The number of methoxy groups -OCH3 is 1. The first-order chi connectivity index (χ1) is 12.9. The number of rotatable bonds is 8. The van der Waals surface area contributed by atoms with Crippen molar-refractivity contribution < 1.29 is 23.8 Å². The third-order valence-corrected chi connectivity index (χ3v) is 3.83. The molecule has 0 aromatic heterocycles. The van der Waals surface area contributed by atoms with Gasteiger partial charge in [-0.15, -0.1) is 0 Å². The van der Waals surface area contributed by atoms with Crippen LogP contribution in [0.1, 0.15) is 36.2 Å². The van der Waals surface area contributed by atoms with Crippen molar-refractivity contribution in [1.82, 2.24) is 0 Å². The molecular weight excluding hydrogens is 346 g/mol. The van der Waals surface area contributed by atoms with Crippen molar-refractivity contribution in [1.29, 1.82) is 0 Å². The highest BCUT2D eigenvalue weighted by atomic mass is 16.5. The Balaban J connectivity index is 1.97. The molecule has 0 aliphatic heterocycles. The van der Waals surface area contributed by atoms with Crippen molar-refractivity contribution in [2.24, 2.45) is 0 Å². The summed E-state index contributed by atoms with van der Waals surface area (Å²) in [6.07, 6.45) is -0.0546. The van der Waals surface area contributed by atoms with Gasteiger partial charge in [0, 0.05) is 0 Å². The summed E-state index contributed by atoms with van der Waals surface area (Å²) in [4.78, 5) is 24.6. The molecular formula is C21H25NO5. The lowest BCUT2D eigenvalue weighted by atomic mass is 10.2. The zero-order valence-electron chi connectivity index (χ0n) is 16.1. The molecule has 1 atom stereocenters. The van der Waals surface area contributed by atoms with E-state index in [0.717, 1.165) is 12.0 Å². The van der Waals surface area contributed by atoms with Crippen LogP contribution in [0.3, 0.4) is 0 Å². The minimum Gasteiger partial charge on any atom is -0.495 e. The molecule has 6 heteroatoms. The number of nitrogens with one attached hydrogen (secondary N) is 1. The fourth-order valence-corrected chi connectivity index (χ4v) is 2.34. The van der Waals surface area contributed by atoms with E-state index in [0.29, 0.717) is 29.4 Å². The number of hydrogen-bond acceptors (Lipinski definition) is 5. The molecule has 144 valence electrons. The zero-order valence-corrected chi connectivity index (χ0v) is 16.1. The highest BCUT2D eigenvalue weighted by Gasteiger charge is 2.20. The van der Waals surface area contributed by atoms with Crippen molar-refractivity contribution in [3.63, 3.8) is 0 Å². The van der Waals surface area contributed by atoms with Crippen LogP contribution < -0.4 is 14.8 Å². The Morgan fingerprint density at radius 1 is 1.11 bits per heavy atom. The summed E-state index contributed by atoms with van der Waals surface area (Å²) in [5.74, 6) is 0.215. The summed E-state index contributed by atoms with van der Waals surface area (Å²) in [6.45, 7) is 6.06. The summed E-state index contributed by atoms with van der Waals surface area (Å²) in [5, 5.41) is 2.73. The van der Waals surface area contributed by atoms with E-state index in [1.807, 2.05) is 19.9 Å². The molecule has 0 spiro atoms. The van der Waals surface area contributed by atoms with Crippen LogP contribution in [-0.2, 0) is 9.53 Å². The standard InChI is InChI=1S/C21H25NO5/c1-5-12-26-17-9-7-16(8-10-17)21(24)27-15(3)20(23)22-18-13-14(2)6-11-19(18)25-4/h6-11,13,15H,5,12H2,1-4H3,(H,22,23)/t15-/m1/s1. The van der Waals surface area contributed by atoms with Crippen LogP contribution in [0, 0.1) is 6.92 Å². The average molecular weight is 371 g/mol. The maximum atomic E-state index is 12.4. The molecule has 0 aliphatic carbocycles. The maximum absolute atomic E-state index is 12.4. The number of aryl methyl sites for hydroxylation is 1. The first-order valence-corrected chi connectivity index (χ1v) is 8.84. The Hall–Kier alpha value is -3.02. The van der Waals surface area contributed by atoms with E-state index in [1.165, 1.54) is 14.0 Å². The van der Waals surface area contributed by atoms with Crippen LogP contribution in [-0.4, -0.2) is 31.7 Å². The van der Waals surface area contributed by atoms with Crippen molar-refractivity contribution in [3.05, 3.63) is 53.6 Å². The van der Waals surface area contributed by atoms with Crippen molar-refractivity contribution in [2.45, 2.75) is 33.3 Å². The van der Waals surface area contributed by atoms with Gasteiger partial charge in [-0.2, -0.15) is 0 Å². The Bertz CT molecular complexity index is 786. The van der Waals surface area contributed by atoms with Gasteiger partial charge in [-0.1, -0.05) is 13.0 Å². The Morgan fingerprint density at radius 3 is 2.44 bits per heavy atom. The summed E-state index contributed by atoms with van der Waals surface area (Å²) >= 11 is 0. The largest absolute Gasteiger partial charge is 0.495 e. The van der Waals surface area contributed by atoms with Gasteiger partial charge < -0.3 is 19.5 Å². The highest BCUT2D eigenvalue weighted by molar-refractivity contribution is 5.98. The van der Waals surface area contributed by atoms with Gasteiger partial charge in [-0.05, 0) is 62.2 Å². The molecule has 2 aromatic carbocycles. The van der Waals surface area contributed by atoms with E-state index in [1.54, 1.807) is 36.4 Å². The zero-order chi connectivity index (χ0) is 19.8. The Labute approximate surface area is 159 Å². The van der Waals surface area contributed by atoms with E-state index in [2.05, 4.69) is 5.32 Å². The lowest BCUT2D eigenvalue weighted by Gasteiger charge is -2.16. The second-order valence-electron chi connectivity index (χ2n) is 6.11. The Morgan fingerprint density at radius 2 is 1.81 bits per heavy atom. The topological polar surface area (TPSA) is 73.9 Å². The summed E-state index contributed by atoms with van der Waals surface area (Å²) in [5.41, 5.74) is 1.86. The van der Waals surface area contributed by atoms with Gasteiger partial charge in [0.25, 0.3) is 5.91 Å². The van der Waals surface area contributed by atoms with Gasteiger partial charge >= 0.3 is 5.97 Å². The van der Waals surface area contributed by atoms with Crippen LogP contribution in [0.15, 0.2) is 42.5 Å². The van der Waals surface area contributed by atoms with Gasteiger partial charge in [-0.3, -0.25) is 4.79 Å². The molecule has 0 radical (unpaired) electrons. The third-order valence-electron chi connectivity index (χ3n) is 3.83. The van der Waals surface area contributed by atoms with Gasteiger partial charge in [0.05, 0.1) is 25.0 Å². The average Bonchev–Trinajstić information content (AvgIpc) is 2.66. The molecule has 27 heavy (non-hydrogen) atoms. The highest BCUT2D eigenvalue weighted by Crippen LogP contribution is 2.25. The van der Waals surface area contributed by atoms with Gasteiger partial charge in [0.2, 0.25) is 0 Å². The van der Waals surface area contributed by atoms with Gasteiger partial charge in [-0.25, -0.2) is 4.79 Å². The lowest BCUT2D eigenvalue weighted by Crippen LogP contribution is -2.30. The van der Waals surface area contributed by atoms with E-state index in [9.17, 15) is 9.59 Å². The van der Waals surface area contributed by atoms with Crippen LogP contribution in [0.5, 0.6) is 11.5 Å². The van der Waals surface area contributed by atoms with Crippen LogP contribution in [0.2, 0.25) is 0 Å². The minimum atomic E-state index is -0.960. The molecule has 2 aromatic rings. The minimum absolute atomic E-state index is 0.353. The summed E-state index contributed by atoms with van der Waals surface area (Å²) in [7, 11) is 1.53. The van der Waals surface area contributed by atoms with Crippen molar-refractivity contribution in [3.8, 4) is 11.5 Å². The number of carbonyl (C=O) groups excluding carboxylic acids is 2. The molecule has 0 aliphatic rings. The van der Waals surface area contributed by atoms with Gasteiger partial charge in [0.15, 0.2) is 6.10 Å². The van der Waals surface area contributed by atoms with E-state index < -0.39 is 18.0 Å². The molecule has 0 saturated carbocycles. The second-order valence-corrected chi connectivity index (χ2v) is 6.11. The third kappa shape index (κ3) is 5.74. The first kappa shape index (κ1) is 20.3. The SMILES string of the molecule is CCCOc1ccc(C(=O)O[C@H](C)C(=O)Nc2cc(C)ccc2OC)cc1. The smallest absolute Gasteiger partial charge is 0.338 e. The predicted octanol–water partition coefficient (Wildman–Crippen LogP) is 3.98. The molecule has 0 fully saturated rings. The summed E-state index contributed by atoms with van der Waals surface area (Å²) in [6, 6.07) is 12.1. The van der Waals surface area contributed by atoms with Crippen LogP contribution >= 0.6 is 0 Å². The van der Waals surface area contributed by atoms with E-state index in [-0.39, 0.29) is 0 Å². The molecule has 0 saturated heterocycles. The number of ether oxygens (including phenoxy) is 3. The second kappa shape index (κ2) is 9.62. The number of benzene rings is 2. The van der Waals surface area contributed by atoms with Crippen molar-refractivity contribution in [2.75, 3.05) is 19.0 Å². The summed E-state index contributed by atoms with van der Waals surface area (Å²) < 4.78 is 16.0. The first-order valence-electron chi connectivity index (χ1n) is 8.84. The quantitative estimate of drug-likeness (QED) is 0.711. The number of carbonyl (C=O) groups is 2. The Kier molecular flexibility index (Phi) is 7.23. The molecule has 0 bridgehead atoms. The normalized spacial score (nSPS) is 11.4. The number of esters is 1. The lowest BCUT2D eigenvalue weighted by molar-refractivity contribution is -0.123. The fraction of sp³-hybridized carbons (Fsp3) is 0.333. The monoisotopic (exact) mass is 371 g/mol. The molecule has 0 heterocycles. The molecule has 6 nitrogen and oxygen atoms in total. The van der Waals surface area contributed by atoms with Crippen LogP contribution in [0.25, 0.3) is 0 Å². The molecule has 1 N–H and O–H groups in total. The van der Waals surface area contributed by atoms with Gasteiger partial charge in [0.1, 0.15) is 11.5 Å². The molecule has 1 amide bonds. The van der Waals surface area contributed by atoms with E-state index in [4.69, 9.17) is 14.2 Å².